The van der Waals surface area contributed by atoms with Crippen LogP contribution in [0.2, 0.25) is 0 Å². The maximum atomic E-state index is 12.6. The second-order valence-electron chi connectivity index (χ2n) is 7.66. The van der Waals surface area contributed by atoms with Gasteiger partial charge in [-0.2, -0.15) is 0 Å². The molecule has 1 aromatic heterocycles. The minimum Gasteiger partial charge on any atom is -0.364 e. The highest BCUT2D eigenvalue weighted by molar-refractivity contribution is 5.74. The fourth-order valence-electron chi connectivity index (χ4n) is 4.28. The van der Waals surface area contributed by atoms with Crippen LogP contribution in [0.4, 0.5) is 4.79 Å². The van der Waals surface area contributed by atoms with E-state index in [0.29, 0.717) is 6.04 Å². The third-order valence-corrected chi connectivity index (χ3v) is 5.87. The van der Waals surface area contributed by atoms with Gasteiger partial charge in [-0.15, -0.1) is 0 Å². The normalized spacial score (nSPS) is 28.8. The first-order valence-electron chi connectivity index (χ1n) is 9.45. The van der Waals surface area contributed by atoms with Crippen molar-refractivity contribution in [3.05, 3.63) is 18.0 Å². The quantitative estimate of drug-likeness (QED) is 0.920. The monoisotopic (exact) mass is 332 g/mol. The number of aromatic nitrogens is 1. The van der Waals surface area contributed by atoms with Gasteiger partial charge in [0.05, 0.1) is 5.69 Å². The van der Waals surface area contributed by atoms with Gasteiger partial charge in [0.25, 0.3) is 0 Å². The number of nitrogens with zero attached hydrogens (tertiary/aromatic N) is 3. The molecule has 2 aliphatic carbocycles. The Hall–Kier alpha value is -1.56. The largest absolute Gasteiger partial charge is 0.364 e. The molecule has 2 atom stereocenters. The first-order valence-corrected chi connectivity index (χ1v) is 9.45. The minimum absolute atomic E-state index is 0.137. The summed E-state index contributed by atoms with van der Waals surface area (Å²) in [5.41, 5.74) is 0.959. The van der Waals surface area contributed by atoms with Crippen LogP contribution in [-0.4, -0.2) is 53.2 Å². The predicted octanol–water partition coefficient (Wildman–Crippen LogP) is 2.47. The summed E-state index contributed by atoms with van der Waals surface area (Å²) in [7, 11) is 0. The minimum atomic E-state index is 0.137. The van der Waals surface area contributed by atoms with Crippen molar-refractivity contribution in [3.8, 4) is 0 Å². The Kier molecular flexibility index (Phi) is 4.74. The lowest BCUT2D eigenvalue weighted by Gasteiger charge is -2.36. The number of carbonyl (C=O) groups is 1. The smallest absolute Gasteiger partial charge is 0.317 e. The summed E-state index contributed by atoms with van der Waals surface area (Å²) in [6, 6.07) is 2.43. The molecule has 2 heterocycles. The standard InChI is InChI=1S/C18H28N4O2/c23-18(19-16-3-1-2-15(12-16)14-4-5-14)22-9-7-21(8-10-22)13-17-6-11-24-20-17/h6,11,14-16H,1-5,7-10,12-13H2,(H,19,23)/t15-,16-/m1/s1. The van der Waals surface area contributed by atoms with Gasteiger partial charge in [0.2, 0.25) is 0 Å². The van der Waals surface area contributed by atoms with Crippen molar-refractivity contribution in [2.45, 2.75) is 51.1 Å². The molecule has 1 saturated heterocycles. The molecular formula is C18H28N4O2. The van der Waals surface area contributed by atoms with Crippen molar-refractivity contribution in [2.24, 2.45) is 11.8 Å². The van der Waals surface area contributed by atoms with E-state index < -0.39 is 0 Å². The highest BCUT2D eigenvalue weighted by Crippen LogP contribution is 2.43. The second kappa shape index (κ2) is 7.13. The Morgan fingerprint density at radius 3 is 2.71 bits per heavy atom. The van der Waals surface area contributed by atoms with E-state index in [2.05, 4.69) is 15.4 Å². The van der Waals surface area contributed by atoms with Crippen LogP contribution in [0.5, 0.6) is 0 Å². The van der Waals surface area contributed by atoms with Crippen molar-refractivity contribution in [1.29, 1.82) is 0 Å². The van der Waals surface area contributed by atoms with Crippen LogP contribution in [0.25, 0.3) is 0 Å². The zero-order valence-electron chi connectivity index (χ0n) is 14.3. The summed E-state index contributed by atoms with van der Waals surface area (Å²) in [5.74, 6) is 1.83. The molecule has 3 fully saturated rings. The highest BCUT2D eigenvalue weighted by Gasteiger charge is 2.35. The number of nitrogens with one attached hydrogen (secondary N) is 1. The zero-order chi connectivity index (χ0) is 16.4. The highest BCUT2D eigenvalue weighted by atomic mass is 16.5. The molecule has 3 aliphatic rings. The van der Waals surface area contributed by atoms with Crippen molar-refractivity contribution < 1.29 is 9.32 Å². The topological polar surface area (TPSA) is 61.6 Å². The second-order valence-corrected chi connectivity index (χ2v) is 7.66. The number of amides is 2. The summed E-state index contributed by atoms with van der Waals surface area (Å²) in [6.45, 7) is 4.19. The lowest BCUT2D eigenvalue weighted by Crippen LogP contribution is -2.53. The fraction of sp³-hybridized carbons (Fsp3) is 0.778. The first kappa shape index (κ1) is 15.9. The maximum absolute atomic E-state index is 12.6. The van der Waals surface area contributed by atoms with E-state index in [0.717, 1.165) is 56.7 Å². The molecule has 4 rings (SSSR count). The molecule has 6 nitrogen and oxygen atoms in total. The molecule has 0 aromatic carbocycles. The third-order valence-electron chi connectivity index (χ3n) is 5.87. The lowest BCUT2D eigenvalue weighted by atomic mass is 9.83. The SMILES string of the molecule is O=C(N[C@@H]1CCC[C@@H](C2CC2)C1)N1CCN(Cc2ccon2)CC1. The Morgan fingerprint density at radius 1 is 1.17 bits per heavy atom. The van der Waals surface area contributed by atoms with Gasteiger partial charge >= 0.3 is 6.03 Å². The summed E-state index contributed by atoms with van der Waals surface area (Å²) < 4.78 is 4.88. The molecule has 2 amide bonds. The lowest BCUT2D eigenvalue weighted by molar-refractivity contribution is 0.128. The van der Waals surface area contributed by atoms with E-state index in [1.807, 2.05) is 11.0 Å². The molecule has 1 N–H and O–H groups in total. The van der Waals surface area contributed by atoms with E-state index >= 15 is 0 Å². The Morgan fingerprint density at radius 2 is 2.00 bits per heavy atom. The van der Waals surface area contributed by atoms with E-state index in [9.17, 15) is 4.79 Å². The number of hydrogen-bond donors (Lipinski definition) is 1. The van der Waals surface area contributed by atoms with Crippen molar-refractivity contribution in [3.63, 3.8) is 0 Å². The van der Waals surface area contributed by atoms with Gasteiger partial charge in [0, 0.05) is 44.8 Å². The number of hydrogen-bond acceptors (Lipinski definition) is 4. The van der Waals surface area contributed by atoms with Gasteiger partial charge in [-0.3, -0.25) is 4.90 Å². The van der Waals surface area contributed by atoms with Crippen LogP contribution in [-0.2, 0) is 6.54 Å². The molecule has 0 bridgehead atoms. The van der Waals surface area contributed by atoms with Crippen LogP contribution in [0.1, 0.15) is 44.2 Å². The molecule has 132 valence electrons. The van der Waals surface area contributed by atoms with Gasteiger partial charge in [-0.1, -0.05) is 18.0 Å². The third kappa shape index (κ3) is 3.91. The van der Waals surface area contributed by atoms with Gasteiger partial charge in [-0.25, -0.2) is 4.79 Å². The van der Waals surface area contributed by atoms with Crippen LogP contribution < -0.4 is 5.32 Å². The number of urea groups is 1. The zero-order valence-corrected chi connectivity index (χ0v) is 14.3. The summed E-state index contributed by atoms with van der Waals surface area (Å²) >= 11 is 0. The van der Waals surface area contributed by atoms with E-state index in [1.165, 1.54) is 32.1 Å². The average Bonchev–Trinajstić information content (AvgIpc) is 3.34. The van der Waals surface area contributed by atoms with Gasteiger partial charge in [0.1, 0.15) is 6.26 Å². The van der Waals surface area contributed by atoms with Gasteiger partial charge < -0.3 is 14.7 Å². The summed E-state index contributed by atoms with van der Waals surface area (Å²) in [4.78, 5) is 16.8. The Balaban J connectivity index is 1.21. The number of piperazine rings is 1. The molecule has 6 heteroatoms. The molecule has 2 saturated carbocycles. The van der Waals surface area contributed by atoms with Gasteiger partial charge in [-0.05, 0) is 37.5 Å². The van der Waals surface area contributed by atoms with E-state index in [4.69, 9.17) is 4.52 Å². The summed E-state index contributed by atoms with van der Waals surface area (Å²) in [6.07, 6.45) is 9.44. The predicted molar refractivity (Wildman–Crippen MR) is 90.4 cm³/mol. The van der Waals surface area contributed by atoms with Crippen molar-refractivity contribution >= 4 is 6.03 Å². The molecular weight excluding hydrogens is 304 g/mol. The Labute approximate surface area is 143 Å². The summed E-state index contributed by atoms with van der Waals surface area (Å²) in [5, 5.41) is 7.26. The molecule has 0 spiro atoms. The maximum Gasteiger partial charge on any atom is 0.317 e. The van der Waals surface area contributed by atoms with Crippen LogP contribution in [0, 0.1) is 11.8 Å². The van der Waals surface area contributed by atoms with E-state index in [1.54, 1.807) is 6.26 Å². The Bertz CT molecular complexity index is 535. The van der Waals surface area contributed by atoms with E-state index in [-0.39, 0.29) is 6.03 Å². The van der Waals surface area contributed by atoms with Gasteiger partial charge in [0.15, 0.2) is 0 Å². The van der Waals surface area contributed by atoms with Crippen LogP contribution in [0.15, 0.2) is 16.9 Å². The van der Waals surface area contributed by atoms with Crippen molar-refractivity contribution in [2.75, 3.05) is 26.2 Å². The molecule has 1 aliphatic heterocycles. The fourth-order valence-corrected chi connectivity index (χ4v) is 4.28. The number of carbonyl (C=O) groups excluding carboxylic acids is 1. The number of rotatable bonds is 4. The van der Waals surface area contributed by atoms with Crippen LogP contribution in [0.3, 0.4) is 0 Å². The molecule has 1 aromatic rings. The molecule has 24 heavy (non-hydrogen) atoms. The average molecular weight is 332 g/mol. The molecule has 0 unspecified atom stereocenters. The first-order chi connectivity index (χ1) is 11.8. The van der Waals surface area contributed by atoms with Crippen molar-refractivity contribution in [1.82, 2.24) is 20.3 Å². The van der Waals surface area contributed by atoms with Crippen LogP contribution >= 0.6 is 0 Å². The molecule has 0 radical (unpaired) electrons.